The van der Waals surface area contributed by atoms with Crippen molar-refractivity contribution < 1.29 is 29.0 Å². The number of fused-ring (bicyclic) bond motifs is 4. The molecule has 0 saturated carbocycles. The fourth-order valence-electron chi connectivity index (χ4n) is 5.93. The number of anilines is 2. The van der Waals surface area contributed by atoms with Gasteiger partial charge in [-0.1, -0.05) is 55.2 Å². The van der Waals surface area contributed by atoms with Gasteiger partial charge in [0.05, 0.1) is 18.5 Å². The lowest BCUT2D eigenvalue weighted by molar-refractivity contribution is -0.131. The maximum absolute atomic E-state index is 14.7. The summed E-state index contributed by atoms with van der Waals surface area (Å²) in [7, 11) is 1.55. The number of ether oxygens (including phenoxy) is 2. The topological polar surface area (TPSA) is 123 Å². The number of benzene rings is 3. The van der Waals surface area contributed by atoms with Gasteiger partial charge in [-0.3, -0.25) is 14.5 Å². The van der Waals surface area contributed by atoms with E-state index in [9.17, 15) is 14.4 Å². The third-order valence-electron chi connectivity index (χ3n) is 7.59. The number of carboxylic acid groups (broad SMARTS) is 1. The quantitative estimate of drug-likeness (QED) is 0.222. The summed E-state index contributed by atoms with van der Waals surface area (Å²) in [6, 6.07) is 17.0. The lowest BCUT2D eigenvalue weighted by Gasteiger charge is -2.36. The first-order valence-corrected chi connectivity index (χ1v) is 14.4. The Bertz CT molecular complexity index is 1880. The van der Waals surface area contributed by atoms with Crippen LogP contribution in [0.3, 0.4) is 0 Å². The van der Waals surface area contributed by atoms with Crippen molar-refractivity contribution in [1.29, 1.82) is 0 Å². The molecule has 0 aliphatic carbocycles. The van der Waals surface area contributed by atoms with Gasteiger partial charge in [0.1, 0.15) is 23.8 Å². The van der Waals surface area contributed by atoms with Crippen molar-refractivity contribution >= 4 is 52.4 Å². The van der Waals surface area contributed by atoms with Crippen molar-refractivity contribution in [2.75, 3.05) is 23.9 Å². The predicted octanol–water partition coefficient (Wildman–Crippen LogP) is 6.19. The first-order valence-electron chi connectivity index (χ1n) is 13.6. The van der Waals surface area contributed by atoms with E-state index in [1.807, 2.05) is 32.0 Å². The Hall–Kier alpha value is -4.80. The number of nitrogens with one attached hydrogen (secondary N) is 1. The number of rotatable bonds is 8. The smallest absolute Gasteiger partial charge is 0.328 e. The highest BCUT2D eigenvalue weighted by Gasteiger charge is 2.64. The van der Waals surface area contributed by atoms with E-state index < -0.39 is 23.3 Å². The van der Waals surface area contributed by atoms with E-state index in [0.29, 0.717) is 44.0 Å². The lowest BCUT2D eigenvalue weighted by atomic mass is 9.81. The van der Waals surface area contributed by atoms with E-state index in [1.165, 1.54) is 17.0 Å². The fraction of sp³-hybridized carbons (Fsp3) is 0.188. The van der Waals surface area contributed by atoms with Crippen molar-refractivity contribution in [2.45, 2.75) is 25.3 Å². The summed E-state index contributed by atoms with van der Waals surface area (Å²) in [5.74, 6) is -1.63. The number of aliphatic carboxylic acids is 1. The highest BCUT2D eigenvalue weighted by Crippen LogP contribution is 2.56. The number of methoxy groups -OCH3 is 1. The molecule has 2 N–H and O–H groups in total. The molecular weight excluding hydrogens is 607 g/mol. The zero-order valence-corrected chi connectivity index (χ0v) is 25.3. The van der Waals surface area contributed by atoms with Crippen LogP contribution in [0.25, 0.3) is 5.69 Å². The summed E-state index contributed by atoms with van der Waals surface area (Å²) in [5.41, 5.74) is 1.17. The number of para-hydroxylation sites is 2. The van der Waals surface area contributed by atoms with Gasteiger partial charge >= 0.3 is 5.97 Å². The third kappa shape index (κ3) is 4.40. The molecule has 0 bridgehead atoms. The van der Waals surface area contributed by atoms with E-state index in [0.717, 1.165) is 6.08 Å². The monoisotopic (exact) mass is 632 g/mol. The minimum Gasteiger partial charge on any atom is -0.494 e. The second kappa shape index (κ2) is 11.0. The molecule has 10 nitrogen and oxygen atoms in total. The molecule has 0 saturated heterocycles. The van der Waals surface area contributed by atoms with Crippen LogP contribution in [-0.2, 0) is 15.1 Å². The number of carboxylic acids is 1. The second-order valence-corrected chi connectivity index (χ2v) is 11.4. The number of aromatic nitrogens is 2. The van der Waals surface area contributed by atoms with Crippen LogP contribution in [-0.4, -0.2) is 46.4 Å². The Morgan fingerprint density at radius 3 is 2.50 bits per heavy atom. The summed E-state index contributed by atoms with van der Waals surface area (Å²) in [6.45, 7) is 3.81. The lowest BCUT2D eigenvalue weighted by Crippen LogP contribution is -2.51. The number of hydrogen-bond acceptors (Lipinski definition) is 6. The van der Waals surface area contributed by atoms with E-state index in [4.69, 9.17) is 42.9 Å². The molecule has 3 heterocycles. The molecule has 4 aromatic rings. The van der Waals surface area contributed by atoms with Crippen LogP contribution >= 0.6 is 23.2 Å². The van der Waals surface area contributed by atoms with Gasteiger partial charge in [-0.25, -0.2) is 9.48 Å². The highest BCUT2D eigenvalue weighted by molar-refractivity contribution is 6.32. The summed E-state index contributed by atoms with van der Waals surface area (Å²) in [6.07, 6.45) is 2.28. The van der Waals surface area contributed by atoms with E-state index in [1.54, 1.807) is 48.2 Å². The molecule has 224 valence electrons. The van der Waals surface area contributed by atoms with E-state index in [2.05, 4.69) is 5.32 Å². The maximum atomic E-state index is 14.7. The zero-order valence-electron chi connectivity index (χ0n) is 23.8. The molecular formula is C32H26Cl2N4O6. The number of hydrogen-bond donors (Lipinski definition) is 2. The zero-order chi connectivity index (χ0) is 31.3. The second-order valence-electron chi connectivity index (χ2n) is 10.5. The number of amides is 2. The molecule has 1 aromatic heterocycles. The standard InChI is InChI=1S/C32H26Cl2N4O6/c1-17(2)29-27-28(36-38(29)22-7-4-5-8-24(22)43-3)30(41)37(32(27)20-12-10-18(33)15-21(20)35-31(32)42)23-16-19(34)11-13-25(23)44-14-6-9-26(39)40/h4-13,15-17H,14H2,1-3H3,(H,35,42)(H,39,40)/b9-6+. The van der Waals surface area contributed by atoms with Gasteiger partial charge in [0.2, 0.25) is 0 Å². The fourth-order valence-corrected chi connectivity index (χ4v) is 6.27. The first-order chi connectivity index (χ1) is 21.1. The van der Waals surface area contributed by atoms with Gasteiger partial charge in [-0.2, -0.15) is 5.10 Å². The number of carbonyl (C=O) groups excluding carboxylic acids is 2. The van der Waals surface area contributed by atoms with Gasteiger partial charge in [0.15, 0.2) is 11.2 Å². The minimum absolute atomic E-state index is 0.0780. The summed E-state index contributed by atoms with van der Waals surface area (Å²) < 4.78 is 13.2. The van der Waals surface area contributed by atoms with Gasteiger partial charge in [0.25, 0.3) is 11.8 Å². The van der Waals surface area contributed by atoms with Crippen LogP contribution in [0.1, 0.15) is 47.1 Å². The molecule has 6 rings (SSSR count). The predicted molar refractivity (Wildman–Crippen MR) is 166 cm³/mol. The normalized spacial score (nSPS) is 17.0. The van der Waals surface area contributed by atoms with Gasteiger partial charge in [-0.15, -0.1) is 0 Å². The van der Waals surface area contributed by atoms with Gasteiger partial charge in [-0.05, 0) is 54.5 Å². The van der Waals surface area contributed by atoms with Crippen LogP contribution in [0.4, 0.5) is 11.4 Å². The summed E-state index contributed by atoms with van der Waals surface area (Å²) >= 11 is 12.8. The molecule has 1 unspecified atom stereocenters. The molecule has 0 fully saturated rings. The number of nitrogens with zero attached hydrogens (tertiary/aromatic N) is 3. The third-order valence-corrected chi connectivity index (χ3v) is 8.06. The SMILES string of the molecule is COc1ccccc1-n1nc2c(c1C(C)C)C1(C(=O)Nc3cc(Cl)ccc31)N(c1cc(Cl)ccc1OC/C=C/C(=O)O)C2=O. The van der Waals surface area contributed by atoms with Crippen molar-refractivity contribution in [1.82, 2.24) is 9.78 Å². The largest absolute Gasteiger partial charge is 0.494 e. The van der Waals surface area contributed by atoms with Crippen molar-refractivity contribution in [2.24, 2.45) is 0 Å². The Morgan fingerprint density at radius 2 is 1.77 bits per heavy atom. The summed E-state index contributed by atoms with van der Waals surface area (Å²) in [5, 5.41) is 17.5. The average Bonchev–Trinajstić information content (AvgIpc) is 3.59. The summed E-state index contributed by atoms with van der Waals surface area (Å²) in [4.78, 5) is 41.5. The van der Waals surface area contributed by atoms with Crippen molar-refractivity contribution in [3.8, 4) is 17.2 Å². The van der Waals surface area contributed by atoms with E-state index in [-0.39, 0.29) is 29.7 Å². The van der Waals surface area contributed by atoms with Crippen LogP contribution in [0.15, 0.2) is 72.8 Å². The van der Waals surface area contributed by atoms with Crippen molar-refractivity contribution in [3.63, 3.8) is 0 Å². The molecule has 2 aliphatic heterocycles. The van der Waals surface area contributed by atoms with Crippen LogP contribution in [0.2, 0.25) is 10.0 Å². The molecule has 44 heavy (non-hydrogen) atoms. The molecule has 1 atom stereocenters. The van der Waals surface area contributed by atoms with Crippen LogP contribution < -0.4 is 19.7 Å². The molecule has 2 amide bonds. The Morgan fingerprint density at radius 1 is 1.05 bits per heavy atom. The molecule has 0 radical (unpaired) electrons. The molecule has 1 spiro atoms. The van der Waals surface area contributed by atoms with Crippen molar-refractivity contribution in [3.05, 3.63) is 105 Å². The Kier molecular flexibility index (Phi) is 7.35. The van der Waals surface area contributed by atoms with Gasteiger partial charge < -0.3 is 19.9 Å². The number of carbonyl (C=O) groups is 3. The molecule has 2 aliphatic rings. The van der Waals surface area contributed by atoms with E-state index >= 15 is 0 Å². The average molecular weight is 633 g/mol. The first kappa shape index (κ1) is 29.3. The molecule has 3 aromatic carbocycles. The van der Waals surface area contributed by atoms with Crippen LogP contribution in [0, 0.1) is 0 Å². The Balaban J connectivity index is 1.66. The number of halogens is 2. The van der Waals surface area contributed by atoms with Gasteiger partial charge in [0, 0.05) is 32.9 Å². The minimum atomic E-state index is -1.72. The molecule has 12 heteroatoms. The maximum Gasteiger partial charge on any atom is 0.328 e. The van der Waals surface area contributed by atoms with Crippen LogP contribution in [0.5, 0.6) is 11.5 Å². The Labute approximate surface area is 262 Å². The highest BCUT2D eigenvalue weighted by atomic mass is 35.5.